The molecule has 1 aliphatic heterocycles. The van der Waals surface area contributed by atoms with E-state index < -0.39 is 0 Å². The highest BCUT2D eigenvalue weighted by atomic mass is 16.5. The van der Waals surface area contributed by atoms with Gasteiger partial charge in [-0.2, -0.15) is 0 Å². The van der Waals surface area contributed by atoms with Gasteiger partial charge in [-0.15, -0.1) is 0 Å². The molecule has 21 heavy (non-hydrogen) atoms. The van der Waals surface area contributed by atoms with E-state index in [1.54, 1.807) is 0 Å². The quantitative estimate of drug-likeness (QED) is 0.751. The number of benzene rings is 1. The zero-order valence-electron chi connectivity index (χ0n) is 13.5. The van der Waals surface area contributed by atoms with Crippen molar-refractivity contribution in [3.05, 3.63) is 35.9 Å². The van der Waals surface area contributed by atoms with Crippen LogP contribution >= 0.6 is 0 Å². The van der Waals surface area contributed by atoms with E-state index in [0.717, 1.165) is 38.9 Å². The maximum atomic E-state index is 12.4. The van der Waals surface area contributed by atoms with E-state index >= 15 is 0 Å². The highest BCUT2D eigenvalue weighted by molar-refractivity contribution is 5.78. The van der Waals surface area contributed by atoms with E-state index in [-0.39, 0.29) is 11.4 Å². The molecule has 0 N–H and O–H groups in total. The largest absolute Gasteiger partial charge is 0.469 e. The van der Waals surface area contributed by atoms with Crippen LogP contribution in [-0.4, -0.2) is 31.1 Å². The molecule has 1 heterocycles. The SMILES string of the molecule is CCCC[C@@]1(C(=O)OC)CN(Cc2ccccc2)C[C@H]1C. The van der Waals surface area contributed by atoms with Gasteiger partial charge < -0.3 is 4.74 Å². The van der Waals surface area contributed by atoms with Crippen molar-refractivity contribution in [2.24, 2.45) is 11.3 Å². The van der Waals surface area contributed by atoms with Gasteiger partial charge >= 0.3 is 5.97 Å². The molecule has 0 radical (unpaired) electrons. The number of carbonyl (C=O) groups is 1. The third-order valence-electron chi connectivity index (χ3n) is 4.80. The van der Waals surface area contributed by atoms with Crippen LogP contribution in [0.5, 0.6) is 0 Å². The molecular weight excluding hydrogens is 262 g/mol. The number of unbranched alkanes of at least 4 members (excludes halogenated alkanes) is 1. The van der Waals surface area contributed by atoms with E-state index in [1.807, 2.05) is 6.07 Å². The second kappa shape index (κ2) is 7.08. The molecule has 0 amide bonds. The van der Waals surface area contributed by atoms with Crippen molar-refractivity contribution in [1.82, 2.24) is 4.90 Å². The fourth-order valence-electron chi connectivity index (χ4n) is 3.53. The van der Waals surface area contributed by atoms with Crippen molar-refractivity contribution in [2.45, 2.75) is 39.7 Å². The van der Waals surface area contributed by atoms with Gasteiger partial charge in [-0.1, -0.05) is 57.0 Å². The van der Waals surface area contributed by atoms with E-state index in [9.17, 15) is 4.79 Å². The molecule has 2 atom stereocenters. The van der Waals surface area contributed by atoms with Crippen LogP contribution < -0.4 is 0 Å². The predicted molar refractivity (Wildman–Crippen MR) is 84.9 cm³/mol. The molecule has 1 fully saturated rings. The van der Waals surface area contributed by atoms with Crippen molar-refractivity contribution < 1.29 is 9.53 Å². The summed E-state index contributed by atoms with van der Waals surface area (Å²) in [5.74, 6) is 0.319. The van der Waals surface area contributed by atoms with Crippen molar-refractivity contribution >= 4 is 5.97 Å². The second-order valence-corrected chi connectivity index (χ2v) is 6.31. The maximum Gasteiger partial charge on any atom is 0.313 e. The van der Waals surface area contributed by atoms with Crippen molar-refractivity contribution in [2.75, 3.05) is 20.2 Å². The summed E-state index contributed by atoms with van der Waals surface area (Å²) < 4.78 is 5.14. The van der Waals surface area contributed by atoms with Gasteiger partial charge in [0.05, 0.1) is 12.5 Å². The molecule has 116 valence electrons. The average molecular weight is 289 g/mol. The molecule has 2 rings (SSSR count). The Balaban J connectivity index is 2.10. The first-order valence-electron chi connectivity index (χ1n) is 7.97. The molecule has 0 saturated carbocycles. The van der Waals surface area contributed by atoms with Crippen LogP contribution in [-0.2, 0) is 16.1 Å². The van der Waals surface area contributed by atoms with Crippen LogP contribution in [0.25, 0.3) is 0 Å². The third kappa shape index (κ3) is 3.46. The zero-order valence-corrected chi connectivity index (χ0v) is 13.5. The van der Waals surface area contributed by atoms with Gasteiger partial charge in [0, 0.05) is 19.6 Å². The summed E-state index contributed by atoms with van der Waals surface area (Å²) in [6.07, 6.45) is 3.13. The summed E-state index contributed by atoms with van der Waals surface area (Å²) in [5.41, 5.74) is 0.986. The van der Waals surface area contributed by atoms with Crippen LogP contribution in [0.3, 0.4) is 0 Å². The normalized spacial score (nSPS) is 26.0. The lowest BCUT2D eigenvalue weighted by atomic mass is 9.75. The third-order valence-corrected chi connectivity index (χ3v) is 4.80. The number of likely N-dealkylation sites (tertiary alicyclic amines) is 1. The maximum absolute atomic E-state index is 12.4. The van der Waals surface area contributed by atoms with Gasteiger partial charge in [-0.25, -0.2) is 0 Å². The van der Waals surface area contributed by atoms with E-state index in [4.69, 9.17) is 4.74 Å². The minimum absolute atomic E-state index is 0.0287. The topological polar surface area (TPSA) is 29.5 Å². The van der Waals surface area contributed by atoms with Gasteiger partial charge in [0.25, 0.3) is 0 Å². The Bertz CT molecular complexity index is 460. The lowest BCUT2D eigenvalue weighted by molar-refractivity contribution is -0.154. The summed E-state index contributed by atoms with van der Waals surface area (Å²) in [5, 5.41) is 0. The van der Waals surface area contributed by atoms with Crippen LogP contribution in [0.2, 0.25) is 0 Å². The van der Waals surface area contributed by atoms with Crippen molar-refractivity contribution in [3.63, 3.8) is 0 Å². The van der Waals surface area contributed by atoms with E-state index in [0.29, 0.717) is 5.92 Å². The Morgan fingerprint density at radius 1 is 1.38 bits per heavy atom. The minimum atomic E-state index is -0.320. The van der Waals surface area contributed by atoms with E-state index in [2.05, 4.69) is 43.0 Å². The first-order chi connectivity index (χ1) is 10.1. The number of methoxy groups -OCH3 is 1. The van der Waals surface area contributed by atoms with Crippen LogP contribution in [0.15, 0.2) is 30.3 Å². The second-order valence-electron chi connectivity index (χ2n) is 6.31. The summed E-state index contributed by atoms with van der Waals surface area (Å²) >= 11 is 0. The monoisotopic (exact) mass is 289 g/mol. The molecule has 0 bridgehead atoms. The molecule has 3 heteroatoms. The van der Waals surface area contributed by atoms with Crippen LogP contribution in [0.4, 0.5) is 0 Å². The summed E-state index contributed by atoms with van der Waals surface area (Å²) in [6, 6.07) is 10.5. The van der Waals surface area contributed by atoms with Gasteiger partial charge in [0.2, 0.25) is 0 Å². The van der Waals surface area contributed by atoms with E-state index in [1.165, 1.54) is 12.7 Å². The molecular formula is C18H27NO2. The Hall–Kier alpha value is -1.35. The van der Waals surface area contributed by atoms with Crippen LogP contribution in [0.1, 0.15) is 38.7 Å². The lowest BCUT2D eigenvalue weighted by Crippen LogP contribution is -2.39. The highest BCUT2D eigenvalue weighted by Gasteiger charge is 2.50. The summed E-state index contributed by atoms with van der Waals surface area (Å²) in [4.78, 5) is 14.8. The molecule has 0 aromatic heterocycles. The molecule has 1 aromatic carbocycles. The highest BCUT2D eigenvalue weighted by Crippen LogP contribution is 2.42. The molecule has 0 spiro atoms. The Labute approximate surface area is 128 Å². The number of hydrogen-bond donors (Lipinski definition) is 0. The van der Waals surface area contributed by atoms with Crippen molar-refractivity contribution in [1.29, 1.82) is 0 Å². The number of ether oxygens (including phenoxy) is 1. The standard InChI is InChI=1S/C18H27NO2/c1-4-5-11-18(17(20)21-3)14-19(12-15(18)2)13-16-9-7-6-8-10-16/h6-10,15H,4-5,11-14H2,1-3H3/t15-,18-/m1/s1. The number of nitrogens with zero attached hydrogens (tertiary/aromatic N) is 1. The first-order valence-corrected chi connectivity index (χ1v) is 7.97. The fourth-order valence-corrected chi connectivity index (χ4v) is 3.53. The first kappa shape index (κ1) is 16.0. The van der Waals surface area contributed by atoms with Gasteiger partial charge in [-0.05, 0) is 17.9 Å². The van der Waals surface area contributed by atoms with Gasteiger partial charge in [-0.3, -0.25) is 9.69 Å². The number of carbonyl (C=O) groups excluding carboxylic acids is 1. The molecule has 0 unspecified atom stereocenters. The fraction of sp³-hybridized carbons (Fsp3) is 0.611. The number of esters is 1. The number of hydrogen-bond acceptors (Lipinski definition) is 3. The van der Waals surface area contributed by atoms with Gasteiger partial charge in [0.15, 0.2) is 0 Å². The molecule has 3 nitrogen and oxygen atoms in total. The summed E-state index contributed by atoms with van der Waals surface area (Å²) in [7, 11) is 1.52. The Morgan fingerprint density at radius 3 is 2.71 bits per heavy atom. The van der Waals surface area contributed by atoms with Crippen molar-refractivity contribution in [3.8, 4) is 0 Å². The Kier molecular flexibility index (Phi) is 5.40. The van der Waals surface area contributed by atoms with Gasteiger partial charge in [0.1, 0.15) is 0 Å². The zero-order chi connectivity index (χ0) is 15.3. The molecule has 1 aliphatic rings. The van der Waals surface area contributed by atoms with Crippen LogP contribution in [0, 0.1) is 11.3 Å². The average Bonchev–Trinajstić information content (AvgIpc) is 2.82. The smallest absolute Gasteiger partial charge is 0.313 e. The number of rotatable bonds is 6. The minimum Gasteiger partial charge on any atom is -0.469 e. The molecule has 1 aromatic rings. The molecule has 1 saturated heterocycles. The predicted octanol–water partition coefficient (Wildman–Crippen LogP) is 3.49. The summed E-state index contributed by atoms with van der Waals surface area (Å²) in [6.45, 7) is 7.06. The molecule has 0 aliphatic carbocycles. The Morgan fingerprint density at radius 2 is 2.10 bits per heavy atom. The lowest BCUT2D eigenvalue weighted by Gasteiger charge is -2.30.